The SMILES string of the molecule is Cc1ccc2nc(NC(=O)Nc3cc(F)ccc3N3CC4(CCN(CC(C)(C)C)CC4)c4c(Cl)ccc(O)c43)sc2c1. The van der Waals surface area contributed by atoms with E-state index in [4.69, 9.17) is 11.6 Å². The molecule has 2 amide bonds. The molecule has 1 spiro atoms. The maximum atomic E-state index is 14.6. The lowest BCUT2D eigenvalue weighted by atomic mass is 9.74. The summed E-state index contributed by atoms with van der Waals surface area (Å²) >= 11 is 8.22. The number of anilines is 4. The van der Waals surface area contributed by atoms with Gasteiger partial charge in [-0.25, -0.2) is 14.2 Å². The number of piperidine rings is 1. The summed E-state index contributed by atoms with van der Waals surface area (Å²) in [5.74, 6) is -0.377. The Morgan fingerprint density at radius 2 is 1.88 bits per heavy atom. The van der Waals surface area contributed by atoms with E-state index in [1.54, 1.807) is 18.2 Å². The Kier molecular flexibility index (Phi) is 7.32. The molecule has 7 nitrogen and oxygen atoms in total. The molecule has 6 rings (SSSR count). The highest BCUT2D eigenvalue weighted by atomic mass is 35.5. The molecule has 0 unspecified atom stereocenters. The van der Waals surface area contributed by atoms with Gasteiger partial charge in [0.1, 0.15) is 11.6 Å². The molecule has 220 valence electrons. The zero-order valence-corrected chi connectivity index (χ0v) is 25.8. The molecule has 10 heteroatoms. The zero-order valence-electron chi connectivity index (χ0n) is 24.2. The summed E-state index contributed by atoms with van der Waals surface area (Å²) in [6, 6.07) is 13.0. The summed E-state index contributed by atoms with van der Waals surface area (Å²) in [6.45, 7) is 12.1. The van der Waals surface area contributed by atoms with Crippen molar-refractivity contribution in [3.05, 3.63) is 70.5 Å². The van der Waals surface area contributed by atoms with Gasteiger partial charge in [0.25, 0.3) is 0 Å². The summed E-state index contributed by atoms with van der Waals surface area (Å²) in [4.78, 5) is 22.1. The smallest absolute Gasteiger partial charge is 0.325 e. The summed E-state index contributed by atoms with van der Waals surface area (Å²) in [5.41, 5.74) is 4.22. The third-order valence-electron chi connectivity index (χ3n) is 8.14. The van der Waals surface area contributed by atoms with Gasteiger partial charge in [-0.2, -0.15) is 0 Å². The number of nitrogens with one attached hydrogen (secondary N) is 2. The molecular weight excluding hydrogens is 573 g/mol. The van der Waals surface area contributed by atoms with Crippen molar-refractivity contribution in [1.82, 2.24) is 9.88 Å². The van der Waals surface area contributed by atoms with E-state index < -0.39 is 11.8 Å². The van der Waals surface area contributed by atoms with Crippen LogP contribution >= 0.6 is 22.9 Å². The number of thiazole rings is 1. The number of nitrogens with zero attached hydrogens (tertiary/aromatic N) is 3. The second kappa shape index (κ2) is 10.7. The number of amides is 2. The molecule has 3 N–H and O–H groups in total. The van der Waals surface area contributed by atoms with Crippen LogP contribution in [0.1, 0.15) is 44.7 Å². The molecule has 0 atom stereocenters. The summed E-state index contributed by atoms with van der Waals surface area (Å²) in [6.07, 6.45) is 1.74. The number of urea groups is 1. The van der Waals surface area contributed by atoms with Crippen molar-refractivity contribution >= 4 is 61.4 Å². The number of aromatic nitrogens is 1. The van der Waals surface area contributed by atoms with E-state index in [2.05, 4.69) is 41.3 Å². The molecule has 2 aliphatic heterocycles. The quantitative estimate of drug-likeness (QED) is 0.217. The minimum atomic E-state index is -0.530. The Morgan fingerprint density at radius 1 is 1.12 bits per heavy atom. The normalized spacial score (nSPS) is 16.7. The number of fused-ring (bicyclic) bond motifs is 3. The van der Waals surface area contributed by atoms with E-state index in [-0.39, 0.29) is 22.3 Å². The average Bonchev–Trinajstić information content (AvgIpc) is 3.46. The van der Waals surface area contributed by atoms with Gasteiger partial charge in [0, 0.05) is 29.1 Å². The predicted molar refractivity (Wildman–Crippen MR) is 170 cm³/mol. The lowest BCUT2D eigenvalue weighted by molar-refractivity contribution is 0.125. The van der Waals surface area contributed by atoms with Crippen LogP contribution < -0.4 is 15.5 Å². The van der Waals surface area contributed by atoms with Gasteiger partial charge in [0.15, 0.2) is 5.13 Å². The molecule has 42 heavy (non-hydrogen) atoms. The number of benzene rings is 3. The van der Waals surface area contributed by atoms with Crippen LogP contribution in [0, 0.1) is 18.2 Å². The minimum absolute atomic E-state index is 0.105. The Labute approximate surface area is 254 Å². The summed E-state index contributed by atoms with van der Waals surface area (Å²) in [5, 5.41) is 17.8. The third-order valence-corrected chi connectivity index (χ3v) is 9.39. The number of hydrogen-bond acceptors (Lipinski definition) is 6. The van der Waals surface area contributed by atoms with Gasteiger partial charge in [-0.05, 0) is 86.3 Å². The number of phenols is 1. The van der Waals surface area contributed by atoms with Crippen LogP contribution in [0.4, 0.5) is 31.4 Å². The van der Waals surface area contributed by atoms with E-state index in [1.807, 2.05) is 30.0 Å². The highest BCUT2D eigenvalue weighted by Gasteiger charge is 2.48. The van der Waals surface area contributed by atoms with Gasteiger partial charge >= 0.3 is 6.03 Å². The fourth-order valence-corrected chi connectivity index (χ4v) is 7.71. The lowest BCUT2D eigenvalue weighted by Crippen LogP contribution is -2.47. The molecular formula is C32H35ClFN5O2S. The van der Waals surface area contributed by atoms with Gasteiger partial charge in [-0.15, -0.1) is 0 Å². The molecule has 3 heterocycles. The molecule has 3 aromatic carbocycles. The van der Waals surface area contributed by atoms with E-state index in [0.29, 0.717) is 28.1 Å². The lowest BCUT2D eigenvalue weighted by Gasteiger charge is -2.42. The largest absolute Gasteiger partial charge is 0.506 e. The van der Waals surface area contributed by atoms with E-state index in [0.717, 1.165) is 53.8 Å². The molecule has 1 saturated heterocycles. The second-order valence-corrected chi connectivity index (χ2v) is 14.2. The first kappa shape index (κ1) is 28.7. The maximum absolute atomic E-state index is 14.6. The molecule has 0 aliphatic carbocycles. The van der Waals surface area contributed by atoms with Crippen LogP contribution in [-0.4, -0.2) is 47.2 Å². The monoisotopic (exact) mass is 607 g/mol. The first-order chi connectivity index (χ1) is 19.9. The van der Waals surface area contributed by atoms with Crippen molar-refractivity contribution in [2.24, 2.45) is 5.41 Å². The van der Waals surface area contributed by atoms with Crippen LogP contribution in [0.5, 0.6) is 5.75 Å². The van der Waals surface area contributed by atoms with Crippen molar-refractivity contribution in [2.75, 3.05) is 41.7 Å². The van der Waals surface area contributed by atoms with E-state index in [9.17, 15) is 14.3 Å². The predicted octanol–water partition coefficient (Wildman–Crippen LogP) is 8.28. The fourth-order valence-electron chi connectivity index (χ4n) is 6.40. The minimum Gasteiger partial charge on any atom is -0.506 e. The zero-order chi connectivity index (χ0) is 29.8. The number of aryl methyl sites for hydroxylation is 1. The van der Waals surface area contributed by atoms with Crippen molar-refractivity contribution in [3.63, 3.8) is 0 Å². The van der Waals surface area contributed by atoms with Crippen LogP contribution in [0.15, 0.2) is 48.5 Å². The Hall–Kier alpha value is -3.40. The van der Waals surface area contributed by atoms with Gasteiger partial charge in [-0.1, -0.05) is 49.8 Å². The molecule has 0 radical (unpaired) electrons. The maximum Gasteiger partial charge on any atom is 0.325 e. The van der Waals surface area contributed by atoms with Crippen molar-refractivity contribution in [3.8, 4) is 5.75 Å². The highest BCUT2D eigenvalue weighted by molar-refractivity contribution is 7.22. The number of hydrogen-bond donors (Lipinski definition) is 3. The number of carbonyl (C=O) groups excluding carboxylic acids is 1. The highest BCUT2D eigenvalue weighted by Crippen LogP contribution is 2.56. The molecule has 1 fully saturated rings. The number of aromatic hydroxyl groups is 1. The third kappa shape index (κ3) is 5.53. The van der Waals surface area contributed by atoms with Gasteiger partial charge in [0.2, 0.25) is 0 Å². The number of phenolic OH excluding ortho intramolecular Hbond substituents is 1. The van der Waals surface area contributed by atoms with Crippen molar-refractivity contribution < 1.29 is 14.3 Å². The first-order valence-corrected chi connectivity index (χ1v) is 15.4. The van der Waals surface area contributed by atoms with Crippen LogP contribution in [0.25, 0.3) is 10.2 Å². The number of carbonyl (C=O) groups is 1. The molecule has 0 saturated carbocycles. The Morgan fingerprint density at radius 3 is 2.62 bits per heavy atom. The van der Waals surface area contributed by atoms with Crippen LogP contribution in [0.3, 0.4) is 0 Å². The Bertz CT molecular complexity index is 1680. The topological polar surface area (TPSA) is 80.7 Å². The van der Waals surface area contributed by atoms with Crippen LogP contribution in [-0.2, 0) is 5.41 Å². The molecule has 2 aliphatic rings. The number of rotatable bonds is 4. The fraction of sp³-hybridized carbons (Fsp3) is 0.375. The van der Waals surface area contributed by atoms with Gasteiger partial charge in [-0.3, -0.25) is 5.32 Å². The van der Waals surface area contributed by atoms with E-state index >= 15 is 0 Å². The molecule has 4 aromatic rings. The number of likely N-dealkylation sites (tertiary alicyclic amines) is 1. The van der Waals surface area contributed by atoms with Crippen molar-refractivity contribution in [2.45, 2.75) is 46.0 Å². The van der Waals surface area contributed by atoms with Crippen LogP contribution in [0.2, 0.25) is 5.02 Å². The van der Waals surface area contributed by atoms with Gasteiger partial charge < -0.3 is 20.2 Å². The van der Waals surface area contributed by atoms with E-state index in [1.165, 1.54) is 23.5 Å². The molecule has 1 aromatic heterocycles. The molecule has 0 bridgehead atoms. The number of halogens is 2. The van der Waals surface area contributed by atoms with Gasteiger partial charge in [0.05, 0.1) is 27.3 Å². The van der Waals surface area contributed by atoms with Crippen molar-refractivity contribution in [1.29, 1.82) is 0 Å². The summed E-state index contributed by atoms with van der Waals surface area (Å²) in [7, 11) is 0. The Balaban J connectivity index is 1.30. The summed E-state index contributed by atoms with van der Waals surface area (Å²) < 4.78 is 15.5. The second-order valence-electron chi connectivity index (χ2n) is 12.7. The average molecular weight is 608 g/mol. The first-order valence-electron chi connectivity index (χ1n) is 14.2. The standard InChI is InChI=1S/C32H35ClFN5O2S/c1-19-5-8-22-26(15-19)42-30(36-22)37-29(41)35-23-16-20(34)6-9-24(23)39-18-32(27-21(33)7-10-25(40)28(27)39)11-13-38(14-12-32)17-31(2,3)4/h5-10,15-16,40H,11-14,17-18H2,1-4H3,(H2,35,36,37,41).